The first-order valence-corrected chi connectivity index (χ1v) is 9.84. The minimum atomic E-state index is -4.33. The minimum absolute atomic E-state index is 0. The van der Waals surface area contributed by atoms with Gasteiger partial charge in [-0.1, -0.05) is 24.3 Å². The molecule has 0 atom stereocenters. The van der Waals surface area contributed by atoms with E-state index in [9.17, 15) is 25.9 Å². The van der Waals surface area contributed by atoms with Crippen molar-refractivity contribution >= 4 is 97.6 Å². The predicted octanol–water partition coefficient (Wildman–Crippen LogP) is 2.33. The molecule has 0 aromatic heterocycles. The van der Waals surface area contributed by atoms with Gasteiger partial charge in [0.25, 0.3) is 0 Å². The summed E-state index contributed by atoms with van der Waals surface area (Å²) in [6.07, 6.45) is 0. The van der Waals surface area contributed by atoms with Crippen molar-refractivity contribution in [2.24, 2.45) is 0 Å². The van der Waals surface area contributed by atoms with Crippen molar-refractivity contribution < 1.29 is 25.9 Å². The van der Waals surface area contributed by atoms with Crippen molar-refractivity contribution in [2.45, 2.75) is 9.79 Å². The SMILES string of the molecule is O=S(=O)([O-])c1ccccc1Br.O=S(=O)([O-])c1ccccc1Br.[Sr+2]. The molecule has 0 saturated heterocycles. The predicted molar refractivity (Wildman–Crippen MR) is 90.0 cm³/mol. The quantitative estimate of drug-likeness (QED) is 0.412. The van der Waals surface area contributed by atoms with Gasteiger partial charge in [-0.2, -0.15) is 0 Å². The second kappa shape index (κ2) is 10.00. The number of hydrogen-bond acceptors (Lipinski definition) is 6. The zero-order valence-corrected chi connectivity index (χ0v) is 19.6. The third-order valence-electron chi connectivity index (χ3n) is 2.21. The molecule has 0 fully saturated rings. The standard InChI is InChI=1S/2C6H5BrO3S.Sr/c2*7-5-3-1-2-4-6(5)11(8,9)10;/h2*1-4H,(H,8,9,10);/q;;+2/p-2. The molecule has 2 rings (SSSR count). The first kappa shape index (κ1) is 23.7. The van der Waals surface area contributed by atoms with Crippen LogP contribution < -0.4 is 0 Å². The number of rotatable bonds is 2. The molecule has 0 saturated carbocycles. The van der Waals surface area contributed by atoms with E-state index in [0.29, 0.717) is 8.95 Å². The van der Waals surface area contributed by atoms with E-state index in [1.807, 2.05) is 0 Å². The number of hydrogen-bond donors (Lipinski definition) is 0. The number of halogens is 2. The van der Waals surface area contributed by atoms with Gasteiger partial charge < -0.3 is 9.11 Å². The van der Waals surface area contributed by atoms with E-state index in [0.717, 1.165) is 0 Å². The summed E-state index contributed by atoms with van der Waals surface area (Å²) in [6.45, 7) is 0. The summed E-state index contributed by atoms with van der Waals surface area (Å²) in [5, 5.41) is 0. The summed E-state index contributed by atoms with van der Waals surface area (Å²) >= 11 is 5.91. The van der Waals surface area contributed by atoms with Gasteiger partial charge in [0.1, 0.15) is 20.2 Å². The van der Waals surface area contributed by atoms with E-state index >= 15 is 0 Å². The maximum absolute atomic E-state index is 10.5. The van der Waals surface area contributed by atoms with Crippen molar-refractivity contribution in [2.75, 3.05) is 0 Å². The molecule has 0 spiro atoms. The fourth-order valence-electron chi connectivity index (χ4n) is 1.29. The molecule has 2 aromatic rings. The van der Waals surface area contributed by atoms with Gasteiger partial charge in [-0.25, -0.2) is 16.8 Å². The Hall–Kier alpha value is 0.701. The van der Waals surface area contributed by atoms with E-state index < -0.39 is 20.2 Å². The van der Waals surface area contributed by atoms with Gasteiger partial charge in [-0.3, -0.25) is 0 Å². The van der Waals surface area contributed by atoms with Crippen molar-refractivity contribution in [3.63, 3.8) is 0 Å². The fourth-order valence-corrected chi connectivity index (χ4v) is 4.16. The first-order chi connectivity index (χ1) is 10.0. The molecular formula is C12H8Br2O6S2Sr. The molecular weight excluding hydrogens is 552 g/mol. The molecule has 0 amide bonds. The monoisotopic (exact) mass is 558 g/mol. The Balaban J connectivity index is 0.000000403. The minimum Gasteiger partial charge on any atom is -0.744 e. The first-order valence-electron chi connectivity index (χ1n) is 5.44. The van der Waals surface area contributed by atoms with Crippen LogP contribution in [0.4, 0.5) is 0 Å². The van der Waals surface area contributed by atoms with Crippen LogP contribution in [0.5, 0.6) is 0 Å². The molecule has 0 unspecified atom stereocenters. The van der Waals surface area contributed by atoms with E-state index in [-0.39, 0.29) is 55.3 Å². The second-order valence-electron chi connectivity index (χ2n) is 3.77. The summed E-state index contributed by atoms with van der Waals surface area (Å²) < 4.78 is 63.4. The summed E-state index contributed by atoms with van der Waals surface area (Å²) in [4.78, 5) is -0.444. The summed E-state index contributed by atoms with van der Waals surface area (Å²) in [5.74, 6) is 0. The molecule has 0 aliphatic rings. The Morgan fingerprint density at radius 1 is 0.652 bits per heavy atom. The molecule has 0 radical (unpaired) electrons. The van der Waals surface area contributed by atoms with Crippen molar-refractivity contribution in [1.82, 2.24) is 0 Å². The third-order valence-corrected chi connectivity index (χ3v) is 5.91. The van der Waals surface area contributed by atoms with Gasteiger partial charge in [0.2, 0.25) is 0 Å². The van der Waals surface area contributed by atoms with E-state index in [1.165, 1.54) is 36.4 Å². The van der Waals surface area contributed by atoms with E-state index in [4.69, 9.17) is 0 Å². The van der Waals surface area contributed by atoms with Crippen LogP contribution in [0.3, 0.4) is 0 Å². The van der Waals surface area contributed by atoms with Crippen LogP contribution in [0.1, 0.15) is 0 Å². The molecule has 0 bridgehead atoms. The Morgan fingerprint density at radius 2 is 0.913 bits per heavy atom. The molecule has 0 N–H and O–H groups in total. The number of benzene rings is 2. The van der Waals surface area contributed by atoms with Crippen LogP contribution in [0.2, 0.25) is 0 Å². The second-order valence-corrected chi connectivity index (χ2v) is 8.17. The molecule has 0 heterocycles. The molecule has 0 aliphatic heterocycles. The van der Waals surface area contributed by atoms with Gasteiger partial charge in [0, 0.05) is 8.95 Å². The Labute approximate surface area is 188 Å². The van der Waals surface area contributed by atoms with Gasteiger partial charge in [-0.05, 0) is 56.1 Å². The maximum Gasteiger partial charge on any atom is 2.00 e. The van der Waals surface area contributed by atoms with Crippen molar-refractivity contribution in [3.05, 3.63) is 57.5 Å². The Morgan fingerprint density at radius 3 is 1.09 bits per heavy atom. The Bertz CT molecular complexity index is 795. The molecule has 6 nitrogen and oxygen atoms in total. The largest absolute Gasteiger partial charge is 2.00 e. The van der Waals surface area contributed by atoms with Crippen LogP contribution in [0.15, 0.2) is 67.3 Å². The van der Waals surface area contributed by atoms with Crippen LogP contribution in [0.25, 0.3) is 0 Å². The normalized spacial score (nSPS) is 11.0. The van der Waals surface area contributed by atoms with Crippen LogP contribution in [0, 0.1) is 0 Å². The van der Waals surface area contributed by atoms with Crippen LogP contribution in [-0.2, 0) is 20.2 Å². The van der Waals surface area contributed by atoms with E-state index in [1.54, 1.807) is 12.1 Å². The fraction of sp³-hybridized carbons (Fsp3) is 0. The van der Waals surface area contributed by atoms with Gasteiger partial charge in [0.05, 0.1) is 9.79 Å². The zero-order valence-electron chi connectivity index (χ0n) is 11.3. The van der Waals surface area contributed by atoms with Gasteiger partial charge >= 0.3 is 45.5 Å². The van der Waals surface area contributed by atoms with Crippen molar-refractivity contribution in [3.8, 4) is 0 Å². The topological polar surface area (TPSA) is 114 Å². The van der Waals surface area contributed by atoms with Gasteiger partial charge in [0.15, 0.2) is 0 Å². The smallest absolute Gasteiger partial charge is 0.744 e. The Kier molecular flexibility index (Phi) is 10.3. The maximum atomic E-state index is 10.5. The molecule has 120 valence electrons. The zero-order chi connectivity index (χ0) is 17.0. The summed E-state index contributed by atoms with van der Waals surface area (Å²) in [6, 6.07) is 11.8. The molecule has 11 heteroatoms. The summed E-state index contributed by atoms with van der Waals surface area (Å²) in [7, 11) is -8.66. The third kappa shape index (κ3) is 8.08. The van der Waals surface area contributed by atoms with E-state index in [2.05, 4.69) is 31.9 Å². The van der Waals surface area contributed by atoms with Crippen LogP contribution >= 0.6 is 31.9 Å². The summed E-state index contributed by atoms with van der Waals surface area (Å²) in [5.41, 5.74) is 0. The molecule has 23 heavy (non-hydrogen) atoms. The average Bonchev–Trinajstić information content (AvgIpc) is 2.37. The molecule has 0 aliphatic carbocycles. The van der Waals surface area contributed by atoms with Crippen molar-refractivity contribution in [1.29, 1.82) is 0 Å². The molecule has 2 aromatic carbocycles. The average molecular weight is 560 g/mol. The van der Waals surface area contributed by atoms with Crippen LogP contribution in [-0.4, -0.2) is 71.4 Å². The van der Waals surface area contributed by atoms with Gasteiger partial charge in [-0.15, -0.1) is 0 Å².